The molecule has 2 heterocycles. The number of hydrogen-bond acceptors (Lipinski definition) is 7. The fourth-order valence-corrected chi connectivity index (χ4v) is 3.84. The first-order valence-corrected chi connectivity index (χ1v) is 11.8. The van der Waals surface area contributed by atoms with Gasteiger partial charge in [0.1, 0.15) is 10.3 Å². The first-order chi connectivity index (χ1) is 15.5. The largest absolute Gasteiger partial charge is 0.355 e. The quantitative estimate of drug-likeness (QED) is 0.402. The Bertz CT molecular complexity index is 1340. The summed E-state index contributed by atoms with van der Waals surface area (Å²) < 4.78 is 28.4. The van der Waals surface area contributed by atoms with Crippen molar-refractivity contribution < 1.29 is 22.2 Å². The number of amides is 2. The molecule has 11 nitrogen and oxygen atoms in total. The second-order valence-electron chi connectivity index (χ2n) is 6.70. The van der Waals surface area contributed by atoms with Gasteiger partial charge in [0.05, 0.1) is 22.9 Å². The highest BCUT2D eigenvalue weighted by molar-refractivity contribution is 9.10. The Kier molecular flexibility index (Phi) is 7.49. The number of hydrogen-bond donors (Lipinski definition) is 3. The van der Waals surface area contributed by atoms with Crippen LogP contribution in [0.3, 0.4) is 0 Å². The minimum absolute atomic E-state index is 0.0971. The molecule has 0 saturated carbocycles. The second-order valence-corrected chi connectivity index (χ2v) is 9.14. The summed E-state index contributed by atoms with van der Waals surface area (Å²) in [6.45, 7) is 1.26. The monoisotopic (exact) mass is 556 g/mol. The molecular weight excluding hydrogens is 540 g/mol. The van der Waals surface area contributed by atoms with Crippen LogP contribution in [0.1, 0.15) is 32.0 Å². The molecule has 0 fully saturated rings. The summed E-state index contributed by atoms with van der Waals surface area (Å²) >= 11 is 9.45. The molecule has 2 amide bonds. The molecule has 0 aliphatic rings. The predicted molar refractivity (Wildman–Crippen MR) is 124 cm³/mol. The fourth-order valence-electron chi connectivity index (χ4n) is 2.96. The van der Waals surface area contributed by atoms with Gasteiger partial charge in [0.2, 0.25) is 0 Å². The van der Waals surface area contributed by atoms with Crippen LogP contribution in [0.4, 0.5) is 5.69 Å². The van der Waals surface area contributed by atoms with Crippen molar-refractivity contribution >= 4 is 55.3 Å². The van der Waals surface area contributed by atoms with Gasteiger partial charge in [0, 0.05) is 19.3 Å². The molecule has 174 valence electrons. The molecule has 0 bridgehead atoms. The van der Waals surface area contributed by atoms with E-state index in [4.69, 9.17) is 16.7 Å². The lowest BCUT2D eigenvalue weighted by Crippen LogP contribution is -2.24. The highest BCUT2D eigenvalue weighted by atomic mass is 79.9. The van der Waals surface area contributed by atoms with Crippen molar-refractivity contribution in [3.63, 3.8) is 0 Å². The average molecular weight is 558 g/mol. The third-order valence-corrected chi connectivity index (χ3v) is 5.48. The van der Waals surface area contributed by atoms with E-state index in [1.54, 1.807) is 25.1 Å². The molecule has 0 radical (unpaired) electrons. The van der Waals surface area contributed by atoms with Gasteiger partial charge in [0.15, 0.2) is 5.82 Å². The van der Waals surface area contributed by atoms with E-state index in [1.807, 2.05) is 0 Å². The van der Waals surface area contributed by atoms with E-state index < -0.39 is 22.1 Å². The summed E-state index contributed by atoms with van der Waals surface area (Å²) in [5.41, 5.74) is 1.27. The summed E-state index contributed by atoms with van der Waals surface area (Å²) in [5.74, 6) is -0.848. The number of aromatic nitrogens is 3. The standard InChI is InChI=1S/C19H18BrClN6O5S/c1-10-6-11(9-32-33(22,30)31)7-12(18(28)23-2)16(10)25-19(29)14-8-15(20)26-27(14)17-13(21)4-3-5-24-17/h3-8H,9H2,1-2H3,(H,23,28)(H,25,29)(H2,22,30,31). The zero-order valence-corrected chi connectivity index (χ0v) is 20.5. The van der Waals surface area contributed by atoms with Gasteiger partial charge in [-0.1, -0.05) is 17.7 Å². The zero-order valence-electron chi connectivity index (χ0n) is 17.3. The third kappa shape index (κ3) is 5.94. The maximum atomic E-state index is 13.2. The van der Waals surface area contributed by atoms with E-state index in [9.17, 15) is 18.0 Å². The second kappa shape index (κ2) is 9.97. The van der Waals surface area contributed by atoms with Crippen LogP contribution < -0.4 is 15.8 Å². The molecule has 14 heteroatoms. The Hall–Kier alpha value is -2.84. The van der Waals surface area contributed by atoms with Crippen LogP contribution in [-0.4, -0.2) is 42.0 Å². The number of halogens is 2. The Labute approximate surface area is 202 Å². The number of carbonyl (C=O) groups is 2. The molecule has 1 aromatic carbocycles. The lowest BCUT2D eigenvalue weighted by Gasteiger charge is -2.16. The van der Waals surface area contributed by atoms with Gasteiger partial charge in [-0.25, -0.2) is 14.8 Å². The molecule has 3 aromatic rings. The average Bonchev–Trinajstić information content (AvgIpc) is 3.14. The molecule has 0 aliphatic heterocycles. The number of benzene rings is 1. The van der Waals surface area contributed by atoms with Crippen molar-refractivity contribution in [1.29, 1.82) is 0 Å². The minimum Gasteiger partial charge on any atom is -0.355 e. The van der Waals surface area contributed by atoms with E-state index in [0.29, 0.717) is 15.7 Å². The van der Waals surface area contributed by atoms with Crippen LogP contribution in [0, 0.1) is 6.92 Å². The van der Waals surface area contributed by atoms with Crippen molar-refractivity contribution in [2.24, 2.45) is 5.14 Å². The molecule has 4 N–H and O–H groups in total. The molecule has 3 rings (SSSR count). The van der Waals surface area contributed by atoms with E-state index >= 15 is 0 Å². The van der Waals surface area contributed by atoms with Crippen LogP contribution in [0.15, 0.2) is 41.1 Å². The Morgan fingerprint density at radius 2 is 2.00 bits per heavy atom. The van der Waals surface area contributed by atoms with Crippen LogP contribution in [0.5, 0.6) is 0 Å². The zero-order chi connectivity index (χ0) is 24.3. The van der Waals surface area contributed by atoms with Gasteiger partial charge in [-0.05, 0) is 52.2 Å². The van der Waals surface area contributed by atoms with Crippen molar-refractivity contribution in [2.45, 2.75) is 13.5 Å². The third-order valence-electron chi connectivity index (χ3n) is 4.35. The van der Waals surface area contributed by atoms with Crippen molar-refractivity contribution in [3.8, 4) is 5.82 Å². The summed E-state index contributed by atoms with van der Waals surface area (Å²) in [6, 6.07) is 7.69. The number of nitrogens with two attached hydrogens (primary N) is 1. The number of aryl methyl sites for hydroxylation is 1. The molecule has 0 unspecified atom stereocenters. The fraction of sp³-hybridized carbons (Fsp3) is 0.158. The number of carbonyl (C=O) groups excluding carboxylic acids is 2. The number of rotatable bonds is 7. The van der Waals surface area contributed by atoms with Gasteiger partial charge < -0.3 is 10.6 Å². The molecule has 0 saturated heterocycles. The minimum atomic E-state index is -4.17. The normalized spacial score (nSPS) is 11.3. The maximum Gasteiger partial charge on any atom is 0.333 e. The molecule has 33 heavy (non-hydrogen) atoms. The van der Waals surface area contributed by atoms with Gasteiger partial charge in [-0.15, -0.1) is 0 Å². The summed E-state index contributed by atoms with van der Waals surface area (Å²) in [6.07, 6.45) is 1.51. The lowest BCUT2D eigenvalue weighted by molar-refractivity contribution is 0.0963. The van der Waals surface area contributed by atoms with Crippen LogP contribution in [0.25, 0.3) is 5.82 Å². The Morgan fingerprint density at radius 1 is 1.27 bits per heavy atom. The lowest BCUT2D eigenvalue weighted by atomic mass is 10.0. The van der Waals surface area contributed by atoms with E-state index in [2.05, 4.69) is 40.8 Å². The summed E-state index contributed by atoms with van der Waals surface area (Å²) in [5, 5.41) is 14.6. The van der Waals surface area contributed by atoms with Crippen molar-refractivity contribution in [1.82, 2.24) is 20.1 Å². The van der Waals surface area contributed by atoms with Crippen molar-refractivity contribution in [3.05, 3.63) is 68.5 Å². The van der Waals surface area contributed by atoms with E-state index in [1.165, 1.54) is 30.1 Å². The predicted octanol–water partition coefficient (Wildman–Crippen LogP) is 2.32. The van der Waals surface area contributed by atoms with E-state index in [-0.39, 0.29) is 34.4 Å². The highest BCUT2D eigenvalue weighted by Gasteiger charge is 2.22. The van der Waals surface area contributed by atoms with Crippen LogP contribution in [-0.2, 0) is 21.1 Å². The molecule has 0 spiro atoms. The number of nitrogens with one attached hydrogen (secondary N) is 2. The van der Waals surface area contributed by atoms with E-state index in [0.717, 1.165) is 0 Å². The van der Waals surface area contributed by atoms with Gasteiger partial charge >= 0.3 is 10.3 Å². The summed E-state index contributed by atoms with van der Waals surface area (Å²) in [7, 11) is -2.75. The summed E-state index contributed by atoms with van der Waals surface area (Å²) in [4.78, 5) is 29.8. The Morgan fingerprint density at radius 3 is 2.64 bits per heavy atom. The molecule has 2 aromatic heterocycles. The smallest absolute Gasteiger partial charge is 0.333 e. The van der Waals surface area contributed by atoms with Gasteiger partial charge in [-0.3, -0.25) is 13.8 Å². The SMILES string of the molecule is CNC(=O)c1cc(COS(N)(=O)=O)cc(C)c1NC(=O)c1cc(Br)nn1-c1ncccc1Cl. The number of anilines is 1. The topological polar surface area (TPSA) is 158 Å². The maximum absolute atomic E-state index is 13.2. The first kappa shape index (κ1) is 24.8. The van der Waals surface area contributed by atoms with Crippen molar-refractivity contribution in [2.75, 3.05) is 12.4 Å². The molecule has 0 atom stereocenters. The van der Waals surface area contributed by atoms with Gasteiger partial charge in [-0.2, -0.15) is 13.5 Å². The van der Waals surface area contributed by atoms with Crippen LogP contribution in [0.2, 0.25) is 5.02 Å². The van der Waals surface area contributed by atoms with Gasteiger partial charge in [0.25, 0.3) is 11.8 Å². The number of pyridine rings is 1. The molecular formula is C19H18BrClN6O5S. The number of nitrogens with zero attached hydrogens (tertiary/aromatic N) is 3. The highest BCUT2D eigenvalue weighted by Crippen LogP contribution is 2.26. The Balaban J connectivity index is 2.01. The molecule has 0 aliphatic carbocycles. The first-order valence-electron chi connectivity index (χ1n) is 9.20. The van der Waals surface area contributed by atoms with Crippen LogP contribution >= 0.6 is 27.5 Å².